The van der Waals surface area contributed by atoms with Crippen LogP contribution in [0.3, 0.4) is 0 Å². The van der Waals surface area contributed by atoms with Gasteiger partial charge in [0.05, 0.1) is 19.9 Å². The number of ether oxygens (including phenoxy) is 2. The second-order valence-corrected chi connectivity index (χ2v) is 6.98. The summed E-state index contributed by atoms with van der Waals surface area (Å²) in [4.78, 5) is 25.6. The Kier molecular flexibility index (Phi) is 5.96. The Bertz CT molecular complexity index is 999. The highest BCUT2D eigenvalue weighted by Crippen LogP contribution is 2.37. The Morgan fingerprint density at radius 3 is 2.25 bits per heavy atom. The van der Waals surface area contributed by atoms with Gasteiger partial charge in [0.2, 0.25) is 5.91 Å². The number of carbonyl (C=O) groups excluding carboxylic acids is 2. The van der Waals surface area contributed by atoms with E-state index in [0.717, 1.165) is 10.4 Å². The Labute approximate surface area is 167 Å². The predicted molar refractivity (Wildman–Crippen MR) is 112 cm³/mol. The van der Waals surface area contributed by atoms with Crippen LogP contribution in [0, 0.1) is 0 Å². The van der Waals surface area contributed by atoms with Crippen LogP contribution in [0.1, 0.15) is 16.6 Å². The molecule has 0 fully saturated rings. The molecule has 0 radical (unpaired) electrons. The largest absolute Gasteiger partial charge is 0.495 e. The van der Waals surface area contributed by atoms with Gasteiger partial charge >= 0.3 is 0 Å². The maximum atomic E-state index is 12.8. The molecule has 0 saturated heterocycles. The molecule has 1 aromatic heterocycles. The maximum absolute atomic E-state index is 12.8. The number of carbonyl (C=O) groups is 2. The molecule has 3 aromatic rings. The zero-order valence-corrected chi connectivity index (χ0v) is 16.6. The van der Waals surface area contributed by atoms with E-state index >= 15 is 0 Å². The fraction of sp³-hybridized carbons (Fsp3) is 0.143. The monoisotopic (exact) mass is 396 g/mol. The van der Waals surface area contributed by atoms with Crippen molar-refractivity contribution in [2.45, 2.75) is 6.92 Å². The maximum Gasteiger partial charge on any atom is 0.269 e. The molecule has 0 spiro atoms. The van der Waals surface area contributed by atoms with Crippen molar-refractivity contribution >= 4 is 34.5 Å². The van der Waals surface area contributed by atoms with Gasteiger partial charge in [-0.2, -0.15) is 0 Å². The zero-order valence-electron chi connectivity index (χ0n) is 15.7. The number of methoxy groups -OCH3 is 2. The number of nitrogens with one attached hydrogen (secondary N) is 2. The van der Waals surface area contributed by atoms with Crippen LogP contribution in [0.2, 0.25) is 0 Å². The van der Waals surface area contributed by atoms with E-state index < -0.39 is 0 Å². The first-order valence-corrected chi connectivity index (χ1v) is 9.33. The Morgan fingerprint density at radius 2 is 1.61 bits per heavy atom. The zero-order chi connectivity index (χ0) is 20.1. The lowest BCUT2D eigenvalue weighted by molar-refractivity contribution is -0.114. The van der Waals surface area contributed by atoms with Gasteiger partial charge in [-0.15, -0.1) is 11.3 Å². The molecular formula is C21H20N2O4S. The summed E-state index contributed by atoms with van der Waals surface area (Å²) in [6, 6.07) is 16.7. The quantitative estimate of drug-likeness (QED) is 0.636. The molecule has 0 aliphatic rings. The van der Waals surface area contributed by atoms with Gasteiger partial charge in [0.15, 0.2) is 0 Å². The average Bonchev–Trinajstić information content (AvgIpc) is 3.13. The van der Waals surface area contributed by atoms with Crippen LogP contribution >= 0.6 is 11.3 Å². The second kappa shape index (κ2) is 8.58. The smallest absolute Gasteiger partial charge is 0.269 e. The lowest BCUT2D eigenvalue weighted by Gasteiger charge is -2.12. The molecule has 0 bridgehead atoms. The van der Waals surface area contributed by atoms with Crippen molar-refractivity contribution in [3.8, 4) is 21.9 Å². The summed E-state index contributed by atoms with van der Waals surface area (Å²) < 4.78 is 10.6. The molecule has 2 N–H and O–H groups in total. The van der Waals surface area contributed by atoms with Gasteiger partial charge in [0.25, 0.3) is 5.91 Å². The first-order chi connectivity index (χ1) is 13.5. The van der Waals surface area contributed by atoms with E-state index in [4.69, 9.17) is 9.47 Å². The molecule has 2 aromatic carbocycles. The SMILES string of the molecule is COc1ccc(NC(=O)c2sc(-c3ccccc3)cc2OC)cc1NC(C)=O. The van der Waals surface area contributed by atoms with Crippen LogP contribution < -0.4 is 20.1 Å². The average molecular weight is 396 g/mol. The Balaban J connectivity index is 1.87. The van der Waals surface area contributed by atoms with Crippen molar-refractivity contribution < 1.29 is 19.1 Å². The summed E-state index contributed by atoms with van der Waals surface area (Å²) in [6.07, 6.45) is 0. The third-order valence-electron chi connectivity index (χ3n) is 3.95. The summed E-state index contributed by atoms with van der Waals surface area (Å²) in [6.45, 7) is 1.41. The van der Waals surface area contributed by atoms with E-state index in [0.29, 0.717) is 27.8 Å². The molecule has 0 atom stereocenters. The Morgan fingerprint density at radius 1 is 0.893 bits per heavy atom. The summed E-state index contributed by atoms with van der Waals surface area (Å²) in [5.74, 6) is 0.502. The van der Waals surface area contributed by atoms with Crippen molar-refractivity contribution in [3.05, 3.63) is 59.5 Å². The summed E-state index contributed by atoms with van der Waals surface area (Å²) in [7, 11) is 3.05. The molecule has 0 saturated carbocycles. The summed E-state index contributed by atoms with van der Waals surface area (Å²) >= 11 is 1.36. The fourth-order valence-corrected chi connectivity index (χ4v) is 3.72. The minimum atomic E-state index is -0.289. The fourth-order valence-electron chi connectivity index (χ4n) is 2.69. The van der Waals surface area contributed by atoms with E-state index in [9.17, 15) is 9.59 Å². The number of anilines is 2. The third-order valence-corrected chi connectivity index (χ3v) is 5.11. The summed E-state index contributed by atoms with van der Waals surface area (Å²) in [5.41, 5.74) is 2.03. The second-order valence-electron chi connectivity index (χ2n) is 5.92. The van der Waals surface area contributed by atoms with Crippen LogP contribution in [-0.2, 0) is 4.79 Å². The molecule has 6 nitrogen and oxygen atoms in total. The van der Waals surface area contributed by atoms with Crippen LogP contribution in [0.15, 0.2) is 54.6 Å². The number of thiophene rings is 1. The van der Waals surface area contributed by atoms with E-state index in [1.165, 1.54) is 32.5 Å². The van der Waals surface area contributed by atoms with Gasteiger partial charge in [0, 0.05) is 17.5 Å². The van der Waals surface area contributed by atoms with Gasteiger partial charge in [0.1, 0.15) is 16.4 Å². The number of hydrogen-bond acceptors (Lipinski definition) is 5. The first kappa shape index (κ1) is 19.4. The van der Waals surface area contributed by atoms with Crippen LogP contribution in [-0.4, -0.2) is 26.0 Å². The highest BCUT2D eigenvalue weighted by Gasteiger charge is 2.19. The van der Waals surface area contributed by atoms with Gasteiger partial charge in [-0.05, 0) is 29.8 Å². The van der Waals surface area contributed by atoms with Crippen LogP contribution in [0.25, 0.3) is 10.4 Å². The molecule has 28 heavy (non-hydrogen) atoms. The van der Waals surface area contributed by atoms with Gasteiger partial charge < -0.3 is 20.1 Å². The standard InChI is InChI=1S/C21H20N2O4S/c1-13(24)22-16-11-15(9-10-17(16)26-2)23-21(25)20-18(27-3)12-19(28-20)14-7-5-4-6-8-14/h4-12H,1-3H3,(H,22,24)(H,23,25). The lowest BCUT2D eigenvalue weighted by atomic mass is 10.2. The van der Waals surface area contributed by atoms with Crippen molar-refractivity contribution in [3.63, 3.8) is 0 Å². The normalized spacial score (nSPS) is 10.2. The van der Waals surface area contributed by atoms with Gasteiger partial charge in [-0.1, -0.05) is 30.3 Å². The highest BCUT2D eigenvalue weighted by molar-refractivity contribution is 7.17. The van der Waals surface area contributed by atoms with Crippen molar-refractivity contribution in [2.24, 2.45) is 0 Å². The topological polar surface area (TPSA) is 76.7 Å². The molecule has 0 aliphatic carbocycles. The molecular weight excluding hydrogens is 376 g/mol. The van der Waals surface area contributed by atoms with Crippen molar-refractivity contribution in [2.75, 3.05) is 24.9 Å². The van der Waals surface area contributed by atoms with Crippen LogP contribution in [0.5, 0.6) is 11.5 Å². The Hall–Kier alpha value is -3.32. The number of rotatable bonds is 6. The summed E-state index contributed by atoms with van der Waals surface area (Å²) in [5, 5.41) is 5.54. The minimum absolute atomic E-state index is 0.228. The van der Waals surface area contributed by atoms with Gasteiger partial charge in [-0.25, -0.2) is 0 Å². The minimum Gasteiger partial charge on any atom is -0.495 e. The number of benzene rings is 2. The number of hydrogen-bond donors (Lipinski definition) is 2. The molecule has 7 heteroatoms. The van der Waals surface area contributed by atoms with Crippen LogP contribution in [0.4, 0.5) is 11.4 Å². The predicted octanol–water partition coefficient (Wildman–Crippen LogP) is 4.64. The van der Waals surface area contributed by atoms with E-state index in [1.807, 2.05) is 36.4 Å². The molecule has 0 unspecified atom stereocenters. The molecule has 2 amide bonds. The molecule has 3 rings (SSSR count). The first-order valence-electron chi connectivity index (χ1n) is 8.52. The third kappa shape index (κ3) is 4.32. The van der Waals surface area contributed by atoms with Crippen molar-refractivity contribution in [1.82, 2.24) is 0 Å². The van der Waals surface area contributed by atoms with E-state index in [1.54, 1.807) is 18.2 Å². The highest BCUT2D eigenvalue weighted by atomic mass is 32.1. The number of amides is 2. The van der Waals surface area contributed by atoms with E-state index in [2.05, 4.69) is 10.6 Å². The lowest BCUT2D eigenvalue weighted by Crippen LogP contribution is -2.12. The molecule has 144 valence electrons. The molecule has 1 heterocycles. The van der Waals surface area contributed by atoms with Gasteiger partial charge in [-0.3, -0.25) is 9.59 Å². The molecule has 0 aliphatic heterocycles. The van der Waals surface area contributed by atoms with Crippen molar-refractivity contribution in [1.29, 1.82) is 0 Å². The van der Waals surface area contributed by atoms with E-state index in [-0.39, 0.29) is 11.8 Å².